The highest BCUT2D eigenvalue weighted by Crippen LogP contribution is 1.99. The van der Waals surface area contributed by atoms with E-state index in [-0.39, 0.29) is 0 Å². The quantitative estimate of drug-likeness (QED) is 0.682. The highest BCUT2D eigenvalue weighted by Gasteiger charge is 2.22. The molecule has 78 valence electrons. The zero-order valence-corrected chi connectivity index (χ0v) is 8.15. The van der Waals surface area contributed by atoms with Crippen molar-refractivity contribution >= 4 is 5.91 Å². The van der Waals surface area contributed by atoms with Gasteiger partial charge in [0.1, 0.15) is 5.60 Å². The average molecular weight is 199 g/mol. The minimum Gasteiger partial charge on any atom is -0.381 e. The van der Waals surface area contributed by atoms with Gasteiger partial charge in [-0.05, 0) is 13.8 Å². The molecule has 0 aliphatic carbocycles. The van der Waals surface area contributed by atoms with Crippen molar-refractivity contribution in [3.63, 3.8) is 0 Å². The summed E-state index contributed by atoms with van der Waals surface area (Å²) < 4.78 is 4.52. The molecule has 1 amide bonds. The van der Waals surface area contributed by atoms with Gasteiger partial charge in [-0.3, -0.25) is 4.79 Å². The predicted octanol–water partition coefficient (Wildman–Crippen LogP) is -0.501. The van der Waals surface area contributed by atoms with E-state index >= 15 is 0 Å². The number of amides is 1. The van der Waals surface area contributed by atoms with Crippen molar-refractivity contribution < 1.29 is 14.4 Å². The van der Waals surface area contributed by atoms with Gasteiger partial charge in [-0.2, -0.15) is 4.98 Å². The summed E-state index contributed by atoms with van der Waals surface area (Å²) in [5, 5.41) is 15.4. The zero-order chi connectivity index (χ0) is 10.6. The van der Waals surface area contributed by atoms with Crippen LogP contribution in [0.1, 0.15) is 19.7 Å². The van der Waals surface area contributed by atoms with E-state index in [4.69, 9.17) is 0 Å². The van der Waals surface area contributed by atoms with E-state index in [1.807, 2.05) is 0 Å². The van der Waals surface area contributed by atoms with Crippen LogP contribution in [0.3, 0.4) is 0 Å². The fraction of sp³-hybridized carbons (Fsp3) is 0.625. The van der Waals surface area contributed by atoms with Crippen molar-refractivity contribution in [2.45, 2.75) is 25.9 Å². The van der Waals surface area contributed by atoms with E-state index in [9.17, 15) is 9.90 Å². The number of aliphatic hydroxyl groups is 1. The maximum atomic E-state index is 11.2. The molecular weight excluding hydrogens is 186 g/mol. The molecule has 0 atom stereocenters. The third-order valence-corrected chi connectivity index (χ3v) is 1.60. The number of carbonyl (C=O) groups is 1. The lowest BCUT2D eigenvalue weighted by atomic mass is 10.1. The molecule has 6 nitrogen and oxygen atoms in total. The molecule has 0 saturated heterocycles. The van der Waals surface area contributed by atoms with Gasteiger partial charge in [0.2, 0.25) is 6.39 Å². The lowest BCUT2D eigenvalue weighted by Crippen LogP contribution is -2.42. The molecule has 14 heavy (non-hydrogen) atoms. The Bertz CT molecular complexity index is 289. The molecule has 0 aliphatic rings. The van der Waals surface area contributed by atoms with Gasteiger partial charge >= 0.3 is 0 Å². The van der Waals surface area contributed by atoms with E-state index in [2.05, 4.69) is 20.0 Å². The summed E-state index contributed by atoms with van der Waals surface area (Å²) in [5.41, 5.74) is -1.35. The molecule has 0 aliphatic heterocycles. The third-order valence-electron chi connectivity index (χ3n) is 1.60. The number of nitrogens with one attached hydrogen (secondary N) is 1. The van der Waals surface area contributed by atoms with Gasteiger partial charge in [0.15, 0.2) is 5.82 Å². The van der Waals surface area contributed by atoms with Crippen LogP contribution in [0.5, 0.6) is 0 Å². The molecule has 0 saturated carbocycles. The second kappa shape index (κ2) is 4.19. The lowest BCUT2D eigenvalue weighted by molar-refractivity contribution is -0.136. The molecule has 0 unspecified atom stereocenters. The van der Waals surface area contributed by atoms with Crippen LogP contribution in [-0.4, -0.2) is 33.3 Å². The summed E-state index contributed by atoms with van der Waals surface area (Å²) in [5.74, 6) is 0.113. The normalized spacial score (nSPS) is 11.4. The Labute approximate surface area is 81.3 Å². The second-order valence-corrected chi connectivity index (χ2v) is 3.41. The van der Waals surface area contributed by atoms with Crippen LogP contribution < -0.4 is 5.32 Å². The van der Waals surface area contributed by atoms with Gasteiger partial charge in [0, 0.05) is 13.0 Å². The van der Waals surface area contributed by atoms with Crippen molar-refractivity contribution in [2.75, 3.05) is 6.54 Å². The zero-order valence-electron chi connectivity index (χ0n) is 8.15. The third kappa shape index (κ3) is 3.14. The summed E-state index contributed by atoms with van der Waals surface area (Å²) in [4.78, 5) is 15.0. The molecule has 2 N–H and O–H groups in total. The van der Waals surface area contributed by atoms with Crippen LogP contribution in [0, 0.1) is 0 Å². The monoisotopic (exact) mass is 199 g/mol. The van der Waals surface area contributed by atoms with Gasteiger partial charge in [-0.15, -0.1) is 0 Å². The van der Waals surface area contributed by atoms with Gasteiger partial charge in [0.05, 0.1) is 0 Å². The van der Waals surface area contributed by atoms with Crippen molar-refractivity contribution in [1.82, 2.24) is 15.5 Å². The molecule has 0 fully saturated rings. The maximum Gasteiger partial charge on any atom is 0.251 e. The van der Waals surface area contributed by atoms with Crippen molar-refractivity contribution in [3.05, 3.63) is 12.2 Å². The molecule has 0 aromatic carbocycles. The minimum atomic E-state index is -1.35. The first-order chi connectivity index (χ1) is 6.50. The molecule has 1 aromatic rings. The highest BCUT2D eigenvalue weighted by molar-refractivity contribution is 5.83. The summed E-state index contributed by atoms with van der Waals surface area (Å²) >= 11 is 0. The standard InChI is InChI=1S/C8H13N3O3/c1-8(2,13)7(12)9-4-3-6-10-5-14-11-6/h5,13H,3-4H2,1-2H3,(H,9,12). The molecule has 1 heterocycles. The van der Waals surface area contributed by atoms with Crippen LogP contribution in [-0.2, 0) is 11.2 Å². The Morgan fingerprint density at radius 1 is 1.71 bits per heavy atom. The number of rotatable bonds is 4. The van der Waals surface area contributed by atoms with Gasteiger partial charge in [-0.25, -0.2) is 0 Å². The number of hydrogen-bond donors (Lipinski definition) is 2. The fourth-order valence-electron chi connectivity index (χ4n) is 0.807. The molecule has 6 heteroatoms. The number of hydrogen-bond acceptors (Lipinski definition) is 5. The second-order valence-electron chi connectivity index (χ2n) is 3.41. The van der Waals surface area contributed by atoms with E-state index in [0.29, 0.717) is 18.8 Å². The summed E-state index contributed by atoms with van der Waals surface area (Å²) in [6, 6.07) is 0. The molecule has 1 rings (SSSR count). The van der Waals surface area contributed by atoms with E-state index < -0.39 is 11.5 Å². The topological polar surface area (TPSA) is 88.2 Å². The molecule has 0 bridgehead atoms. The van der Waals surface area contributed by atoms with Gasteiger partial charge in [0.25, 0.3) is 5.91 Å². The molecule has 0 spiro atoms. The van der Waals surface area contributed by atoms with E-state index in [1.54, 1.807) is 0 Å². The largest absolute Gasteiger partial charge is 0.381 e. The number of aromatic nitrogens is 2. The van der Waals surface area contributed by atoms with Crippen LogP contribution in [0.25, 0.3) is 0 Å². The smallest absolute Gasteiger partial charge is 0.251 e. The Hall–Kier alpha value is -1.43. The van der Waals surface area contributed by atoms with Crippen LogP contribution in [0.4, 0.5) is 0 Å². The Kier molecular flexibility index (Phi) is 3.19. The Balaban J connectivity index is 2.26. The van der Waals surface area contributed by atoms with Gasteiger partial charge < -0.3 is 14.9 Å². The van der Waals surface area contributed by atoms with Crippen LogP contribution in [0.15, 0.2) is 10.9 Å². The molecular formula is C8H13N3O3. The SMILES string of the molecule is CC(C)(O)C(=O)NCCc1ncon1. The molecule has 1 aromatic heterocycles. The van der Waals surface area contributed by atoms with Crippen molar-refractivity contribution in [3.8, 4) is 0 Å². The number of carbonyl (C=O) groups excluding carboxylic acids is 1. The lowest BCUT2D eigenvalue weighted by Gasteiger charge is -2.15. The van der Waals surface area contributed by atoms with E-state index in [1.165, 1.54) is 20.2 Å². The summed E-state index contributed by atoms with van der Waals surface area (Å²) in [6.45, 7) is 3.23. The van der Waals surface area contributed by atoms with Crippen molar-refractivity contribution in [1.29, 1.82) is 0 Å². The predicted molar refractivity (Wildman–Crippen MR) is 47.3 cm³/mol. The minimum absolute atomic E-state index is 0.377. The van der Waals surface area contributed by atoms with Crippen LogP contribution in [0.2, 0.25) is 0 Å². The first kappa shape index (κ1) is 10.6. The highest BCUT2D eigenvalue weighted by atomic mass is 16.5. The summed E-state index contributed by atoms with van der Waals surface area (Å²) in [6.07, 6.45) is 1.71. The average Bonchev–Trinajstić information content (AvgIpc) is 2.55. The fourth-order valence-corrected chi connectivity index (χ4v) is 0.807. The maximum absolute atomic E-state index is 11.2. The first-order valence-electron chi connectivity index (χ1n) is 4.26. The Morgan fingerprint density at radius 2 is 2.43 bits per heavy atom. The van der Waals surface area contributed by atoms with Crippen LogP contribution >= 0.6 is 0 Å². The first-order valence-corrected chi connectivity index (χ1v) is 4.26. The summed E-state index contributed by atoms with van der Waals surface area (Å²) in [7, 11) is 0. The van der Waals surface area contributed by atoms with E-state index in [0.717, 1.165) is 0 Å². The molecule has 0 radical (unpaired) electrons. The van der Waals surface area contributed by atoms with Crippen molar-refractivity contribution in [2.24, 2.45) is 0 Å². The Morgan fingerprint density at radius 3 is 2.93 bits per heavy atom. The van der Waals surface area contributed by atoms with Gasteiger partial charge in [-0.1, -0.05) is 5.16 Å². The number of nitrogens with zero attached hydrogens (tertiary/aromatic N) is 2.